The minimum atomic E-state index is -3.72. The van der Waals surface area contributed by atoms with Gasteiger partial charge in [0.1, 0.15) is 15.7 Å². The van der Waals surface area contributed by atoms with Crippen molar-refractivity contribution < 1.29 is 28.0 Å². The Balaban J connectivity index is 1.45. The van der Waals surface area contributed by atoms with Gasteiger partial charge in [-0.25, -0.2) is 18.1 Å². The van der Waals surface area contributed by atoms with Crippen LogP contribution in [0.15, 0.2) is 46.7 Å². The summed E-state index contributed by atoms with van der Waals surface area (Å²) in [7, 11) is -3.72. The molecule has 45 heavy (non-hydrogen) atoms. The molecule has 2 aromatic carbocycles. The van der Waals surface area contributed by atoms with Crippen LogP contribution in [0.25, 0.3) is 11.1 Å². The van der Waals surface area contributed by atoms with Gasteiger partial charge in [0.05, 0.1) is 6.07 Å². The second kappa shape index (κ2) is 11.5. The molecule has 3 N–H and O–H groups in total. The number of unbranched alkanes of at least 4 members (excludes halogenated alkanes) is 2. The lowest BCUT2D eigenvalue weighted by molar-refractivity contribution is -0.568. The lowest BCUT2D eigenvalue weighted by atomic mass is 9.69. The largest absolute Gasteiger partial charge is 0.481 e. The van der Waals surface area contributed by atoms with Crippen molar-refractivity contribution in [2.45, 2.75) is 95.7 Å². The number of thiophene rings is 1. The number of sulfonamides is 1. The van der Waals surface area contributed by atoms with Crippen molar-refractivity contribution in [1.29, 1.82) is 0 Å². The third-order valence-electron chi connectivity index (χ3n) is 9.09. The zero-order valence-electron chi connectivity index (χ0n) is 27.0. The summed E-state index contributed by atoms with van der Waals surface area (Å²) in [6.07, 6.45) is 6.20. The van der Waals surface area contributed by atoms with E-state index in [1.165, 1.54) is 28.0 Å². The number of hydrogen-bond donors (Lipinski definition) is 3. The van der Waals surface area contributed by atoms with Crippen LogP contribution in [-0.4, -0.2) is 31.6 Å². The molecule has 3 aromatic rings. The van der Waals surface area contributed by atoms with Crippen molar-refractivity contribution >= 4 is 38.5 Å². The normalized spacial score (nSPS) is 19.3. The first-order chi connectivity index (χ1) is 21.1. The Morgan fingerprint density at radius 3 is 2.60 bits per heavy atom. The summed E-state index contributed by atoms with van der Waals surface area (Å²) in [5, 5.41) is 10.8. The van der Waals surface area contributed by atoms with Crippen LogP contribution < -0.4 is 25.0 Å². The van der Waals surface area contributed by atoms with Crippen LogP contribution in [-0.2, 0) is 21.2 Å². The van der Waals surface area contributed by atoms with E-state index in [0.29, 0.717) is 25.2 Å². The Hall–Kier alpha value is -3.27. The molecule has 1 atom stereocenters. The van der Waals surface area contributed by atoms with E-state index in [2.05, 4.69) is 81.6 Å². The second-order valence-corrected chi connectivity index (χ2v) is 17.3. The monoisotopic (exact) mass is 647 g/mol. The van der Waals surface area contributed by atoms with Crippen LogP contribution in [0.4, 0.5) is 0 Å². The first-order valence-corrected chi connectivity index (χ1v) is 18.1. The average molecular weight is 648 g/mol. The number of fused-ring (bicyclic) bond motifs is 4. The van der Waals surface area contributed by atoms with Crippen LogP contribution >= 0.6 is 11.3 Å². The molecule has 9 heteroatoms. The fourth-order valence-electron chi connectivity index (χ4n) is 7.33. The third kappa shape index (κ3) is 6.40. The SMILES string of the molecule is CC1=CC(C)(C)[NH+]=c2cc3c(cc21)=C(c1ccc(S(=O)(=O)NCCCCCC(=O)O)s1)c1cc2c(cc1O3)CC(C)(C)CC2C. The van der Waals surface area contributed by atoms with Crippen LogP contribution in [0.2, 0.25) is 0 Å². The Kier molecular flexibility index (Phi) is 8.11. The van der Waals surface area contributed by atoms with Crippen LogP contribution in [0.1, 0.15) is 107 Å². The number of carboxylic acids is 1. The molecule has 0 radical (unpaired) electrons. The molecule has 0 saturated heterocycles. The van der Waals surface area contributed by atoms with Gasteiger partial charge in [-0.15, -0.1) is 11.3 Å². The molecule has 7 nitrogen and oxygen atoms in total. The average Bonchev–Trinajstić information content (AvgIpc) is 3.42. The van der Waals surface area contributed by atoms with E-state index in [9.17, 15) is 13.2 Å². The Morgan fingerprint density at radius 2 is 1.84 bits per heavy atom. The van der Waals surface area contributed by atoms with E-state index in [4.69, 9.17) is 9.84 Å². The van der Waals surface area contributed by atoms with E-state index in [1.807, 2.05) is 6.07 Å². The summed E-state index contributed by atoms with van der Waals surface area (Å²) in [4.78, 5) is 15.3. The molecule has 0 spiro atoms. The van der Waals surface area contributed by atoms with Crippen molar-refractivity contribution in [2.24, 2.45) is 5.41 Å². The smallest absolute Gasteiger partial charge is 0.303 e. The van der Waals surface area contributed by atoms with Gasteiger partial charge in [-0.05, 0) is 97.0 Å². The van der Waals surface area contributed by atoms with Gasteiger partial charge in [0.25, 0.3) is 0 Å². The van der Waals surface area contributed by atoms with Gasteiger partial charge in [-0.3, -0.25) is 4.79 Å². The van der Waals surface area contributed by atoms with E-state index in [0.717, 1.165) is 56.5 Å². The van der Waals surface area contributed by atoms with E-state index in [1.54, 1.807) is 6.07 Å². The molecular weight excluding hydrogens is 605 g/mol. The summed E-state index contributed by atoms with van der Waals surface area (Å²) in [6, 6.07) is 12.4. The summed E-state index contributed by atoms with van der Waals surface area (Å²) in [5.74, 6) is 1.13. The van der Waals surface area contributed by atoms with Gasteiger partial charge >= 0.3 is 5.97 Å². The quantitative estimate of drug-likeness (QED) is 0.222. The maximum absolute atomic E-state index is 13.3. The molecular formula is C36H43N2O5S2+. The molecule has 3 heterocycles. The highest BCUT2D eigenvalue weighted by molar-refractivity contribution is 7.91. The molecule has 0 amide bonds. The molecule has 2 aliphatic heterocycles. The molecule has 0 saturated carbocycles. The molecule has 0 bridgehead atoms. The van der Waals surface area contributed by atoms with E-state index in [-0.39, 0.29) is 28.1 Å². The fourth-order valence-corrected chi connectivity index (χ4v) is 9.83. The van der Waals surface area contributed by atoms with Gasteiger partial charge in [-0.2, -0.15) is 0 Å². The van der Waals surface area contributed by atoms with Gasteiger partial charge in [-0.1, -0.05) is 27.2 Å². The molecule has 3 aliphatic rings. The van der Waals surface area contributed by atoms with Crippen LogP contribution in [0.5, 0.6) is 11.5 Å². The maximum Gasteiger partial charge on any atom is 0.303 e. The van der Waals surface area contributed by atoms with E-state index < -0.39 is 16.0 Å². The standard InChI is InChI=1S/C36H42N2O5S2/c1-21-18-35(3,4)20-23-14-29-26(15-24(21)23)34(27-16-25-22(2)19-36(5,6)38-28(25)17-30(27)43-29)31-11-12-33(44-31)45(41,42)37-13-9-7-8-10-32(39)40/h11-12,14-17,19,21,37H,7-10,13,18,20H2,1-6H3,(H,39,40)/p+1. The minimum Gasteiger partial charge on any atom is -0.481 e. The van der Waals surface area contributed by atoms with Gasteiger partial charge < -0.3 is 9.84 Å². The summed E-state index contributed by atoms with van der Waals surface area (Å²) < 4.78 is 36.3. The minimum absolute atomic E-state index is 0.0956. The summed E-state index contributed by atoms with van der Waals surface area (Å²) in [5.41, 5.74) is 6.96. The van der Waals surface area contributed by atoms with Crippen LogP contribution in [0.3, 0.4) is 0 Å². The number of benzene rings is 2. The highest BCUT2D eigenvalue weighted by atomic mass is 32.2. The number of nitrogens with one attached hydrogen (secondary N) is 2. The zero-order valence-corrected chi connectivity index (χ0v) is 28.6. The van der Waals surface area contributed by atoms with Crippen molar-refractivity contribution in [1.82, 2.24) is 4.72 Å². The van der Waals surface area contributed by atoms with Crippen molar-refractivity contribution in [2.75, 3.05) is 6.54 Å². The number of rotatable bonds is 9. The first kappa shape index (κ1) is 31.7. The van der Waals surface area contributed by atoms with Gasteiger partial charge in [0.15, 0.2) is 5.54 Å². The Bertz CT molecular complexity index is 1970. The van der Waals surface area contributed by atoms with Crippen LogP contribution in [0, 0.1) is 5.41 Å². The number of ether oxygens (including phenoxy) is 1. The van der Waals surface area contributed by atoms with Gasteiger partial charge in [0.2, 0.25) is 15.4 Å². The number of carboxylic acid groups (broad SMARTS) is 1. The topological polar surface area (TPSA) is 107 Å². The second-order valence-electron chi connectivity index (χ2n) is 14.3. The van der Waals surface area contributed by atoms with Crippen molar-refractivity contribution in [3.63, 3.8) is 0 Å². The number of carbonyl (C=O) groups is 1. The molecule has 6 rings (SSSR count). The number of aliphatic carboxylic acids is 1. The number of hydrogen-bond acceptors (Lipinski definition) is 5. The third-order valence-corrected chi connectivity index (χ3v) is 12.1. The van der Waals surface area contributed by atoms with E-state index >= 15 is 0 Å². The summed E-state index contributed by atoms with van der Waals surface area (Å²) >= 11 is 1.27. The summed E-state index contributed by atoms with van der Waals surface area (Å²) in [6.45, 7) is 13.7. The highest BCUT2D eigenvalue weighted by Gasteiger charge is 2.34. The predicted octanol–water partition coefficient (Wildman–Crippen LogP) is 5.00. The molecule has 1 aliphatic carbocycles. The van der Waals surface area contributed by atoms with Crippen molar-refractivity contribution in [3.05, 3.63) is 80.2 Å². The lowest BCUT2D eigenvalue weighted by Gasteiger charge is -2.36. The lowest BCUT2D eigenvalue weighted by Crippen LogP contribution is -2.89. The highest BCUT2D eigenvalue weighted by Crippen LogP contribution is 2.47. The van der Waals surface area contributed by atoms with Gasteiger partial charge in [0, 0.05) is 53.6 Å². The number of allylic oxidation sites excluding steroid dienone is 1. The zero-order chi connectivity index (χ0) is 32.3. The molecule has 1 unspecified atom stereocenters. The first-order valence-electron chi connectivity index (χ1n) is 15.8. The molecule has 0 fully saturated rings. The maximum atomic E-state index is 13.3. The molecule has 238 valence electrons. The Morgan fingerprint density at radius 1 is 1.07 bits per heavy atom. The predicted molar refractivity (Wildman–Crippen MR) is 178 cm³/mol. The molecule has 1 aromatic heterocycles. The Labute approximate surface area is 269 Å². The fraction of sp³-hybridized carbons (Fsp3) is 0.444. The van der Waals surface area contributed by atoms with Crippen molar-refractivity contribution in [3.8, 4) is 11.5 Å².